The molecule has 1 unspecified atom stereocenters. The maximum absolute atomic E-state index is 13.0. The summed E-state index contributed by atoms with van der Waals surface area (Å²) in [4.78, 5) is 27.7. The lowest BCUT2D eigenvalue weighted by Crippen LogP contribution is -2.36. The zero-order valence-corrected chi connectivity index (χ0v) is 33.7. The number of nitrogens with zero attached hydrogens (tertiary/aromatic N) is 1. The molecule has 0 aromatic heterocycles. The van der Waals surface area contributed by atoms with Crippen molar-refractivity contribution in [2.75, 3.05) is 33.4 Å². The number of rotatable bonds is 37. The van der Waals surface area contributed by atoms with Crippen molar-refractivity contribution >= 4 is 11.9 Å². The molecule has 0 aromatic rings. The summed E-state index contributed by atoms with van der Waals surface area (Å²) in [5.41, 5.74) is 0. The minimum atomic E-state index is -0.188. The molecule has 296 valence electrons. The highest BCUT2D eigenvalue weighted by molar-refractivity contribution is 5.76. The summed E-state index contributed by atoms with van der Waals surface area (Å²) in [6, 6.07) is -0.138. The van der Waals surface area contributed by atoms with Crippen LogP contribution < -0.4 is 0 Å². The average Bonchev–Trinajstić information content (AvgIpc) is 3.55. The van der Waals surface area contributed by atoms with Crippen LogP contribution in [0.1, 0.15) is 213 Å². The molecule has 0 aliphatic carbocycles. The van der Waals surface area contributed by atoms with Crippen LogP contribution in [0.3, 0.4) is 0 Å². The summed E-state index contributed by atoms with van der Waals surface area (Å²) in [6.07, 6.45) is 33.6. The van der Waals surface area contributed by atoms with E-state index in [-0.39, 0.29) is 30.4 Å². The van der Waals surface area contributed by atoms with Crippen molar-refractivity contribution in [2.45, 2.75) is 232 Å². The fourth-order valence-electron chi connectivity index (χ4n) is 6.94. The molecule has 1 fully saturated rings. The first-order valence-corrected chi connectivity index (χ1v) is 21.8. The monoisotopic (exact) mass is 710 g/mol. The molecule has 0 spiro atoms. The lowest BCUT2D eigenvalue weighted by molar-refractivity contribution is -0.156. The average molecular weight is 710 g/mol. The van der Waals surface area contributed by atoms with Crippen LogP contribution in [-0.4, -0.2) is 68.7 Å². The highest BCUT2D eigenvalue weighted by Gasteiger charge is 2.30. The van der Waals surface area contributed by atoms with Crippen molar-refractivity contribution in [2.24, 2.45) is 0 Å². The molecule has 1 heterocycles. The number of unbranched alkanes of at least 4 members (excludes halogenated alkanes) is 20. The molecule has 7 heteroatoms. The zero-order chi connectivity index (χ0) is 36.3. The molecule has 2 atom stereocenters. The third-order valence-corrected chi connectivity index (χ3v) is 10.3. The fraction of sp³-hybridized carbons (Fsp3) is 0.953. The van der Waals surface area contributed by atoms with Gasteiger partial charge in [0.15, 0.2) is 6.29 Å². The maximum Gasteiger partial charge on any atom is 0.323 e. The lowest BCUT2D eigenvalue weighted by atomic mass is 10.0. The molecule has 0 N–H and O–H groups in total. The Balaban J connectivity index is 2.37. The summed E-state index contributed by atoms with van der Waals surface area (Å²) in [7, 11) is 2.00. The summed E-state index contributed by atoms with van der Waals surface area (Å²) in [6.45, 7) is 9.51. The third-order valence-electron chi connectivity index (χ3n) is 10.3. The summed E-state index contributed by atoms with van der Waals surface area (Å²) >= 11 is 0. The Hall–Kier alpha value is -1.18. The minimum Gasteiger partial charge on any atom is -0.466 e. The number of hydrogen-bond donors (Lipinski definition) is 0. The first kappa shape index (κ1) is 46.8. The van der Waals surface area contributed by atoms with E-state index in [1.165, 1.54) is 122 Å². The van der Waals surface area contributed by atoms with Crippen LogP contribution in [-0.2, 0) is 28.5 Å². The van der Waals surface area contributed by atoms with Crippen LogP contribution in [0, 0.1) is 0 Å². The van der Waals surface area contributed by atoms with Gasteiger partial charge in [-0.25, -0.2) is 0 Å². The molecule has 1 aliphatic rings. The second-order valence-electron chi connectivity index (χ2n) is 15.1. The molecule has 1 rings (SSSR count). The Bertz CT molecular complexity index is 746. The molecule has 0 aromatic carbocycles. The summed E-state index contributed by atoms with van der Waals surface area (Å²) < 4.78 is 24.0. The van der Waals surface area contributed by atoms with Crippen LogP contribution in [0.25, 0.3) is 0 Å². The quantitative estimate of drug-likeness (QED) is 0.0361. The Morgan fingerprint density at radius 3 is 1.56 bits per heavy atom. The maximum atomic E-state index is 13.0. The third kappa shape index (κ3) is 27.5. The highest BCUT2D eigenvalue weighted by Crippen LogP contribution is 2.20. The van der Waals surface area contributed by atoms with Crippen molar-refractivity contribution in [1.29, 1.82) is 0 Å². The molecular formula is C43H83NO6. The van der Waals surface area contributed by atoms with Crippen molar-refractivity contribution < 1.29 is 28.5 Å². The van der Waals surface area contributed by atoms with Gasteiger partial charge in [-0.1, -0.05) is 143 Å². The van der Waals surface area contributed by atoms with E-state index in [0.29, 0.717) is 19.4 Å². The number of likely N-dealkylation sites (tertiary alicyclic amines) is 1. The summed E-state index contributed by atoms with van der Waals surface area (Å²) in [5, 5.41) is 0. The number of ether oxygens (including phenoxy) is 4. The van der Waals surface area contributed by atoms with E-state index in [4.69, 9.17) is 18.9 Å². The van der Waals surface area contributed by atoms with Crippen LogP contribution in [0.5, 0.6) is 0 Å². The van der Waals surface area contributed by atoms with E-state index < -0.39 is 0 Å². The topological polar surface area (TPSA) is 74.3 Å². The van der Waals surface area contributed by atoms with Gasteiger partial charge in [0.05, 0.1) is 6.61 Å². The highest BCUT2D eigenvalue weighted by atomic mass is 16.7. The molecule has 0 amide bonds. The van der Waals surface area contributed by atoms with Crippen molar-refractivity contribution in [3.8, 4) is 0 Å². The molecule has 0 bridgehead atoms. The Morgan fingerprint density at radius 1 is 0.580 bits per heavy atom. The van der Waals surface area contributed by atoms with Gasteiger partial charge in [-0.2, -0.15) is 0 Å². The second kappa shape index (κ2) is 34.9. The van der Waals surface area contributed by atoms with Crippen LogP contribution in [0.15, 0.2) is 0 Å². The molecular weight excluding hydrogens is 626 g/mol. The minimum absolute atomic E-state index is 0.111. The Morgan fingerprint density at radius 2 is 1.06 bits per heavy atom. The number of hydrogen-bond acceptors (Lipinski definition) is 7. The van der Waals surface area contributed by atoms with E-state index >= 15 is 0 Å². The largest absolute Gasteiger partial charge is 0.466 e. The lowest BCUT2D eigenvalue weighted by Gasteiger charge is -2.23. The van der Waals surface area contributed by atoms with E-state index in [0.717, 1.165) is 77.5 Å². The van der Waals surface area contributed by atoms with Gasteiger partial charge in [0.25, 0.3) is 0 Å². The second-order valence-corrected chi connectivity index (χ2v) is 15.1. The number of esters is 2. The predicted molar refractivity (Wildman–Crippen MR) is 208 cm³/mol. The number of carbonyl (C=O) groups excluding carboxylic acids is 2. The standard InChI is InChI=1S/C43H83NO6/c1-5-8-11-14-17-18-19-20-21-24-30-39(50-43(46)40-31-29-35-44(40)4)34-38-47-41(45)32-25-26-33-42(48-36-27-22-15-12-9-6-2)49-37-28-23-16-13-10-7-3/h39-40,42H,5-38H2,1-4H3/t39?,40-/m0/s1. The van der Waals surface area contributed by atoms with Gasteiger partial charge in [-0.05, 0) is 71.4 Å². The molecule has 50 heavy (non-hydrogen) atoms. The fourth-order valence-corrected chi connectivity index (χ4v) is 6.94. The van der Waals surface area contributed by atoms with Gasteiger partial charge in [0, 0.05) is 26.1 Å². The van der Waals surface area contributed by atoms with Crippen molar-refractivity contribution in [1.82, 2.24) is 4.90 Å². The van der Waals surface area contributed by atoms with Crippen LogP contribution in [0.2, 0.25) is 0 Å². The first-order chi connectivity index (χ1) is 24.5. The molecule has 0 radical (unpaired) electrons. The molecule has 1 saturated heterocycles. The van der Waals surface area contributed by atoms with Crippen molar-refractivity contribution in [3.63, 3.8) is 0 Å². The molecule has 0 saturated carbocycles. The van der Waals surface area contributed by atoms with Gasteiger partial charge in [-0.3, -0.25) is 14.5 Å². The number of carbonyl (C=O) groups is 2. The molecule has 7 nitrogen and oxygen atoms in total. The van der Waals surface area contributed by atoms with Crippen molar-refractivity contribution in [3.05, 3.63) is 0 Å². The van der Waals surface area contributed by atoms with Gasteiger partial charge in [-0.15, -0.1) is 0 Å². The normalized spacial score (nSPS) is 15.6. The zero-order valence-electron chi connectivity index (χ0n) is 33.7. The number of likely N-dealkylation sites (N-methyl/N-ethyl adjacent to an activating group) is 1. The van der Waals surface area contributed by atoms with Gasteiger partial charge in [0.1, 0.15) is 12.1 Å². The van der Waals surface area contributed by atoms with E-state index in [9.17, 15) is 9.59 Å². The van der Waals surface area contributed by atoms with Gasteiger partial charge in [0.2, 0.25) is 0 Å². The van der Waals surface area contributed by atoms with E-state index in [1.54, 1.807) is 0 Å². The predicted octanol–water partition coefficient (Wildman–Crippen LogP) is 11.9. The van der Waals surface area contributed by atoms with Crippen LogP contribution >= 0.6 is 0 Å². The smallest absolute Gasteiger partial charge is 0.323 e. The van der Waals surface area contributed by atoms with Gasteiger partial charge < -0.3 is 18.9 Å². The first-order valence-electron chi connectivity index (χ1n) is 21.8. The van der Waals surface area contributed by atoms with Gasteiger partial charge >= 0.3 is 11.9 Å². The Kier molecular flexibility index (Phi) is 32.7. The van der Waals surface area contributed by atoms with Crippen LogP contribution in [0.4, 0.5) is 0 Å². The van der Waals surface area contributed by atoms with E-state index in [2.05, 4.69) is 25.7 Å². The Labute approximate surface area is 310 Å². The van der Waals surface area contributed by atoms with E-state index in [1.807, 2.05) is 7.05 Å². The summed E-state index contributed by atoms with van der Waals surface area (Å²) in [5.74, 6) is -0.275. The molecule has 1 aliphatic heterocycles. The SMILES string of the molecule is CCCCCCCCCCCCC(CCOC(=O)CCCCC(OCCCCCCCC)OCCCCCCCC)OC(=O)[C@@H]1CCCN1C.